The maximum Gasteiger partial charge on any atom is 0.213 e. The van der Waals surface area contributed by atoms with Gasteiger partial charge < -0.3 is 24.4 Å². The van der Waals surface area contributed by atoms with Crippen molar-refractivity contribution in [1.29, 1.82) is 0 Å². The van der Waals surface area contributed by atoms with Crippen LogP contribution in [0, 0.1) is 5.92 Å². The summed E-state index contributed by atoms with van der Waals surface area (Å²) in [5.74, 6) is 2.28. The van der Waals surface area contributed by atoms with Crippen molar-refractivity contribution in [3.8, 4) is 5.88 Å². The Morgan fingerprint density at radius 1 is 1.00 bits per heavy atom. The average Bonchev–Trinajstić information content (AvgIpc) is 3.60. The molecule has 3 fully saturated rings. The second-order valence-corrected chi connectivity index (χ2v) is 10.6. The number of hydrogen-bond acceptors (Lipinski definition) is 8. The number of ether oxygens (including phenoxy) is 1. The molecular weight excluding hydrogens is 452 g/mol. The number of nitrogens with zero attached hydrogens (tertiary/aromatic N) is 5. The fraction of sp³-hybridized carbons (Fsp3) is 0.571. The van der Waals surface area contributed by atoms with Crippen LogP contribution in [-0.4, -0.2) is 84.9 Å². The third-order valence-corrected chi connectivity index (χ3v) is 8.06. The van der Waals surface area contributed by atoms with Gasteiger partial charge in [-0.25, -0.2) is 4.98 Å². The molecule has 1 aromatic carbocycles. The van der Waals surface area contributed by atoms with Crippen LogP contribution < -0.4 is 15.0 Å². The number of aromatic nitrogens is 2. The third kappa shape index (κ3) is 5.51. The van der Waals surface area contributed by atoms with Crippen molar-refractivity contribution in [1.82, 2.24) is 25.3 Å². The lowest BCUT2D eigenvalue weighted by Gasteiger charge is -2.46. The lowest BCUT2D eigenvalue weighted by atomic mass is 9.91. The SMILES string of the molecule is c1ccc2c(N3CCN4C[C@H](COc5ccc(CNCCN6CCCC6)cn5)CC[C@H]4C3)noc2c1. The molecule has 0 radical (unpaired) electrons. The highest BCUT2D eigenvalue weighted by atomic mass is 16.5. The van der Waals surface area contributed by atoms with Crippen LogP contribution in [0.15, 0.2) is 47.1 Å². The second-order valence-electron chi connectivity index (χ2n) is 10.6. The van der Waals surface area contributed by atoms with Crippen LogP contribution in [0.2, 0.25) is 0 Å². The van der Waals surface area contributed by atoms with E-state index in [4.69, 9.17) is 9.26 Å². The van der Waals surface area contributed by atoms with Crippen LogP contribution in [0.3, 0.4) is 0 Å². The molecule has 0 amide bonds. The molecule has 3 saturated heterocycles. The van der Waals surface area contributed by atoms with Gasteiger partial charge in [0.1, 0.15) is 0 Å². The van der Waals surface area contributed by atoms with Crippen molar-refractivity contribution in [2.75, 3.05) is 63.9 Å². The van der Waals surface area contributed by atoms with Crippen LogP contribution >= 0.6 is 0 Å². The van der Waals surface area contributed by atoms with E-state index in [1.807, 2.05) is 24.4 Å². The zero-order valence-corrected chi connectivity index (χ0v) is 21.1. The number of pyridine rings is 1. The highest BCUT2D eigenvalue weighted by Crippen LogP contribution is 2.31. The van der Waals surface area contributed by atoms with Crippen molar-refractivity contribution in [3.05, 3.63) is 48.2 Å². The minimum atomic E-state index is 0.550. The predicted octanol–water partition coefficient (Wildman–Crippen LogP) is 3.39. The number of fused-ring (bicyclic) bond motifs is 2. The monoisotopic (exact) mass is 490 g/mol. The molecule has 3 aliphatic heterocycles. The molecule has 36 heavy (non-hydrogen) atoms. The van der Waals surface area contributed by atoms with E-state index in [1.54, 1.807) is 0 Å². The van der Waals surface area contributed by atoms with E-state index in [0.717, 1.165) is 75.1 Å². The Hall–Kier alpha value is -2.68. The molecule has 192 valence electrons. The van der Waals surface area contributed by atoms with Crippen LogP contribution in [0.5, 0.6) is 5.88 Å². The van der Waals surface area contributed by atoms with Crippen molar-refractivity contribution in [2.24, 2.45) is 5.92 Å². The van der Waals surface area contributed by atoms with Gasteiger partial charge in [-0.3, -0.25) is 4.90 Å². The molecule has 0 unspecified atom stereocenters. The fourth-order valence-corrected chi connectivity index (χ4v) is 5.97. The number of anilines is 1. The molecule has 0 spiro atoms. The van der Waals surface area contributed by atoms with E-state index in [-0.39, 0.29) is 0 Å². The molecule has 1 N–H and O–H groups in total. The average molecular weight is 491 g/mol. The molecule has 6 rings (SSSR count). The zero-order chi connectivity index (χ0) is 24.2. The summed E-state index contributed by atoms with van der Waals surface area (Å²) in [5, 5.41) is 9.03. The van der Waals surface area contributed by atoms with E-state index < -0.39 is 0 Å². The molecular formula is C28H38N6O2. The lowest BCUT2D eigenvalue weighted by molar-refractivity contribution is 0.0717. The Kier molecular flexibility index (Phi) is 7.34. The maximum atomic E-state index is 6.10. The Bertz CT molecular complexity index is 1110. The Morgan fingerprint density at radius 2 is 1.92 bits per heavy atom. The molecule has 2 aromatic heterocycles. The smallest absolute Gasteiger partial charge is 0.213 e. The standard InChI is InChI=1S/C28H38N6O2/c1-2-6-26-25(5-1)28(31-36-26)34-16-15-33-19-23(7-9-24(33)20-34)21-35-27-10-8-22(18-30-27)17-29-11-14-32-12-3-4-13-32/h1-2,5-6,8,10,18,23-24,29H,3-4,7,9,11-17,19-21H2/t23-,24+/m1/s1. The normalized spacial score (nSPS) is 23.3. The van der Waals surface area contributed by atoms with Gasteiger partial charge in [0, 0.05) is 70.0 Å². The molecule has 5 heterocycles. The van der Waals surface area contributed by atoms with E-state index in [1.165, 1.54) is 44.3 Å². The summed E-state index contributed by atoms with van der Waals surface area (Å²) in [5.41, 5.74) is 2.08. The highest BCUT2D eigenvalue weighted by Gasteiger charge is 2.34. The van der Waals surface area contributed by atoms with Crippen molar-refractivity contribution >= 4 is 16.8 Å². The summed E-state index contributed by atoms with van der Waals surface area (Å²) in [6.07, 6.45) is 7.03. The van der Waals surface area contributed by atoms with Gasteiger partial charge in [0.25, 0.3) is 0 Å². The number of para-hydroxylation sites is 1. The summed E-state index contributed by atoms with van der Waals surface area (Å²) >= 11 is 0. The zero-order valence-electron chi connectivity index (χ0n) is 21.1. The minimum absolute atomic E-state index is 0.550. The molecule has 3 aliphatic rings. The number of hydrogen-bond donors (Lipinski definition) is 1. The van der Waals surface area contributed by atoms with Gasteiger partial charge in [-0.15, -0.1) is 0 Å². The Morgan fingerprint density at radius 3 is 2.81 bits per heavy atom. The van der Waals surface area contributed by atoms with E-state index in [9.17, 15) is 0 Å². The van der Waals surface area contributed by atoms with Crippen LogP contribution in [-0.2, 0) is 6.54 Å². The number of rotatable bonds is 9. The summed E-state index contributed by atoms with van der Waals surface area (Å²) in [4.78, 5) is 12.1. The molecule has 8 nitrogen and oxygen atoms in total. The Balaban J connectivity index is 0.931. The summed E-state index contributed by atoms with van der Waals surface area (Å²) in [6.45, 7) is 10.4. The van der Waals surface area contributed by atoms with Crippen LogP contribution in [0.1, 0.15) is 31.2 Å². The summed E-state index contributed by atoms with van der Waals surface area (Å²) in [7, 11) is 0. The van der Waals surface area contributed by atoms with Crippen molar-refractivity contribution in [3.63, 3.8) is 0 Å². The van der Waals surface area contributed by atoms with Crippen molar-refractivity contribution < 1.29 is 9.26 Å². The quantitative estimate of drug-likeness (QED) is 0.458. The molecule has 0 aliphatic carbocycles. The molecule has 0 bridgehead atoms. The van der Waals surface area contributed by atoms with E-state index >= 15 is 0 Å². The topological polar surface area (TPSA) is 69.9 Å². The van der Waals surface area contributed by atoms with Crippen molar-refractivity contribution in [2.45, 2.75) is 38.3 Å². The second kappa shape index (κ2) is 11.2. The summed E-state index contributed by atoms with van der Waals surface area (Å²) in [6, 6.07) is 12.9. The van der Waals surface area contributed by atoms with Crippen LogP contribution in [0.4, 0.5) is 5.82 Å². The lowest BCUT2D eigenvalue weighted by Crippen LogP contribution is -2.57. The van der Waals surface area contributed by atoms with Gasteiger partial charge in [-0.1, -0.05) is 23.4 Å². The number of piperidine rings is 1. The van der Waals surface area contributed by atoms with E-state index in [2.05, 4.69) is 48.4 Å². The van der Waals surface area contributed by atoms with E-state index in [0.29, 0.717) is 12.0 Å². The maximum absolute atomic E-state index is 6.10. The first-order chi connectivity index (χ1) is 17.8. The molecule has 3 aromatic rings. The fourth-order valence-electron chi connectivity index (χ4n) is 5.97. The number of nitrogens with one attached hydrogen (secondary N) is 1. The first-order valence-electron chi connectivity index (χ1n) is 13.7. The van der Waals surface area contributed by atoms with Gasteiger partial charge in [0.05, 0.1) is 12.0 Å². The van der Waals surface area contributed by atoms with Crippen LogP contribution in [0.25, 0.3) is 11.0 Å². The first-order valence-corrected chi connectivity index (χ1v) is 13.7. The number of piperazine rings is 1. The molecule has 8 heteroatoms. The summed E-state index contributed by atoms with van der Waals surface area (Å²) < 4.78 is 11.7. The van der Waals surface area contributed by atoms with Gasteiger partial charge in [0.15, 0.2) is 11.4 Å². The minimum Gasteiger partial charge on any atom is -0.477 e. The largest absolute Gasteiger partial charge is 0.477 e. The highest BCUT2D eigenvalue weighted by molar-refractivity contribution is 5.88. The van der Waals surface area contributed by atoms with Gasteiger partial charge in [-0.05, 0) is 56.5 Å². The van der Waals surface area contributed by atoms with Gasteiger partial charge >= 0.3 is 0 Å². The Labute approximate surface area is 213 Å². The number of likely N-dealkylation sites (tertiary alicyclic amines) is 1. The molecule has 0 saturated carbocycles. The van der Waals surface area contributed by atoms with Gasteiger partial charge in [0.2, 0.25) is 5.88 Å². The predicted molar refractivity (Wildman–Crippen MR) is 141 cm³/mol. The molecule has 2 atom stereocenters. The number of benzene rings is 1. The first kappa shape index (κ1) is 23.7. The third-order valence-electron chi connectivity index (χ3n) is 8.06. The van der Waals surface area contributed by atoms with Gasteiger partial charge in [-0.2, -0.15) is 0 Å².